The van der Waals surface area contributed by atoms with Crippen LogP contribution in [-0.2, 0) is 4.74 Å². The molecule has 2 atom stereocenters. The summed E-state index contributed by atoms with van der Waals surface area (Å²) in [7, 11) is 1.27. The van der Waals surface area contributed by atoms with Gasteiger partial charge in [0, 0.05) is 31.1 Å². The van der Waals surface area contributed by atoms with Gasteiger partial charge in [0.15, 0.2) is 0 Å². The lowest BCUT2D eigenvalue weighted by Crippen LogP contribution is -2.53. The Morgan fingerprint density at radius 2 is 2.03 bits per heavy atom. The van der Waals surface area contributed by atoms with Gasteiger partial charge >= 0.3 is 5.97 Å². The highest BCUT2D eigenvalue weighted by atomic mass is 19.3. The van der Waals surface area contributed by atoms with E-state index in [4.69, 9.17) is 9.72 Å². The molecule has 35 heavy (non-hydrogen) atoms. The number of benzene rings is 1. The molecule has 1 saturated heterocycles. The van der Waals surface area contributed by atoms with Crippen molar-refractivity contribution in [1.29, 1.82) is 0 Å². The minimum Gasteiger partial charge on any atom is -0.478 e. The second-order valence-corrected chi connectivity index (χ2v) is 8.94. The van der Waals surface area contributed by atoms with Gasteiger partial charge in [-0.3, -0.25) is 9.20 Å². The number of nitrogens with one attached hydrogen (secondary N) is 1. The summed E-state index contributed by atoms with van der Waals surface area (Å²) in [5.74, 6) is -3.94. The van der Waals surface area contributed by atoms with E-state index in [2.05, 4.69) is 5.32 Å². The topological polar surface area (TPSA) is 96.2 Å². The molecule has 2 aromatic heterocycles. The Balaban J connectivity index is 1.80. The van der Waals surface area contributed by atoms with Crippen molar-refractivity contribution in [2.75, 3.05) is 30.4 Å². The number of alkyl halides is 2. The summed E-state index contributed by atoms with van der Waals surface area (Å²) in [4.78, 5) is 31.1. The third-order valence-corrected chi connectivity index (χ3v) is 6.40. The first-order chi connectivity index (χ1) is 16.5. The fourth-order valence-corrected chi connectivity index (χ4v) is 4.61. The van der Waals surface area contributed by atoms with Gasteiger partial charge < -0.3 is 20.1 Å². The molecule has 186 valence electrons. The Labute approximate surface area is 201 Å². The van der Waals surface area contributed by atoms with Crippen LogP contribution in [0.2, 0.25) is 0 Å². The van der Waals surface area contributed by atoms with E-state index in [1.54, 1.807) is 31.3 Å². The predicted molar refractivity (Wildman–Crippen MR) is 129 cm³/mol. The smallest absolute Gasteiger partial charge is 0.337 e. The number of ether oxygens (including phenoxy) is 1. The molecule has 3 aromatic rings. The fourth-order valence-electron chi connectivity index (χ4n) is 4.61. The summed E-state index contributed by atoms with van der Waals surface area (Å²) in [6.45, 7) is 4.93. The van der Waals surface area contributed by atoms with Crippen molar-refractivity contribution >= 4 is 23.1 Å². The zero-order chi connectivity index (χ0) is 25.5. The van der Waals surface area contributed by atoms with Gasteiger partial charge in [0.2, 0.25) is 0 Å². The van der Waals surface area contributed by atoms with Crippen molar-refractivity contribution in [3.8, 4) is 0 Å². The van der Waals surface area contributed by atoms with Gasteiger partial charge in [0.1, 0.15) is 17.6 Å². The molecule has 1 aromatic carbocycles. The van der Waals surface area contributed by atoms with Gasteiger partial charge in [-0.05, 0) is 51.0 Å². The Morgan fingerprint density at radius 3 is 2.69 bits per heavy atom. The summed E-state index contributed by atoms with van der Waals surface area (Å²) < 4.78 is 35.6. The highest BCUT2D eigenvalue weighted by Gasteiger charge is 2.45. The number of halogens is 2. The number of para-hydroxylation sites is 1. The van der Waals surface area contributed by atoms with Crippen LogP contribution in [0.25, 0.3) is 5.65 Å². The molecule has 0 bridgehead atoms. The molecule has 1 fully saturated rings. The van der Waals surface area contributed by atoms with E-state index < -0.39 is 30.6 Å². The minimum absolute atomic E-state index is 0.106. The van der Waals surface area contributed by atoms with Gasteiger partial charge in [0.25, 0.3) is 11.5 Å². The summed E-state index contributed by atoms with van der Waals surface area (Å²) >= 11 is 0. The largest absolute Gasteiger partial charge is 0.478 e. The number of hydrogen-bond donors (Lipinski definition) is 2. The van der Waals surface area contributed by atoms with Crippen molar-refractivity contribution in [3.63, 3.8) is 0 Å². The number of carbonyl (C=O) groups is 1. The van der Waals surface area contributed by atoms with Gasteiger partial charge in [-0.2, -0.15) is 0 Å². The third kappa shape index (κ3) is 4.58. The van der Waals surface area contributed by atoms with Gasteiger partial charge in [-0.15, -0.1) is 0 Å². The number of aryl methyl sites for hydroxylation is 1. The molecule has 1 aliphatic heterocycles. The maximum atomic E-state index is 14.6. The van der Waals surface area contributed by atoms with E-state index in [0.717, 1.165) is 5.56 Å². The maximum Gasteiger partial charge on any atom is 0.337 e. The van der Waals surface area contributed by atoms with Crippen LogP contribution >= 0.6 is 0 Å². The zero-order valence-corrected chi connectivity index (χ0v) is 20.0. The van der Waals surface area contributed by atoms with E-state index in [-0.39, 0.29) is 35.5 Å². The Bertz CT molecular complexity index is 1340. The molecule has 3 heterocycles. The summed E-state index contributed by atoms with van der Waals surface area (Å²) in [6.07, 6.45) is 0.584. The van der Waals surface area contributed by atoms with Crippen LogP contribution < -0.4 is 15.8 Å². The molecule has 0 unspecified atom stereocenters. The number of fused-ring (bicyclic) bond motifs is 1. The SMILES string of the molecule is CO[C@H]1CCN(c2nc3c([C@@H](C)Nc4ccccc4C(=O)O)cc(C)cn3c(=O)c2C)CC1(F)F. The first-order valence-electron chi connectivity index (χ1n) is 11.3. The number of hydrogen-bond acceptors (Lipinski definition) is 6. The summed E-state index contributed by atoms with van der Waals surface area (Å²) in [6, 6.07) is 7.94. The Kier molecular flexibility index (Phi) is 6.50. The lowest BCUT2D eigenvalue weighted by Gasteiger charge is -2.38. The van der Waals surface area contributed by atoms with Crippen LogP contribution in [0.4, 0.5) is 20.3 Å². The van der Waals surface area contributed by atoms with Crippen LogP contribution in [0.15, 0.2) is 41.3 Å². The van der Waals surface area contributed by atoms with Crippen LogP contribution in [0, 0.1) is 13.8 Å². The van der Waals surface area contributed by atoms with E-state index in [1.807, 2.05) is 19.9 Å². The van der Waals surface area contributed by atoms with Crippen LogP contribution in [0.1, 0.15) is 46.4 Å². The standard InChI is InChI=1S/C25H28F2N4O4/c1-14-11-18(16(3)28-19-8-6-5-7-17(19)24(33)34)22-29-21(15(2)23(32)31(22)12-14)30-10-9-20(35-4)25(26,27)13-30/h5-8,11-12,16,20,28H,9-10,13H2,1-4H3,(H,33,34)/t16-,20+/m1/s1. The van der Waals surface area contributed by atoms with Gasteiger partial charge in [0.05, 0.1) is 23.7 Å². The molecule has 1 aliphatic rings. The third-order valence-electron chi connectivity index (χ3n) is 6.40. The first kappa shape index (κ1) is 24.6. The molecule has 0 amide bonds. The number of aromatic carboxylic acids is 1. The van der Waals surface area contributed by atoms with Crippen molar-refractivity contribution < 1.29 is 23.4 Å². The highest BCUT2D eigenvalue weighted by Crippen LogP contribution is 2.33. The number of methoxy groups -OCH3 is 1. The zero-order valence-electron chi connectivity index (χ0n) is 20.0. The van der Waals surface area contributed by atoms with Crippen molar-refractivity contribution in [2.45, 2.75) is 45.3 Å². The number of carboxylic acid groups (broad SMARTS) is 1. The Hall–Kier alpha value is -3.53. The second kappa shape index (κ2) is 9.26. The van der Waals surface area contributed by atoms with Crippen molar-refractivity contribution in [1.82, 2.24) is 9.38 Å². The van der Waals surface area contributed by atoms with Crippen molar-refractivity contribution in [3.05, 3.63) is 69.1 Å². The van der Waals surface area contributed by atoms with Gasteiger partial charge in [-0.1, -0.05) is 12.1 Å². The number of anilines is 2. The maximum absolute atomic E-state index is 14.6. The predicted octanol–water partition coefficient (Wildman–Crippen LogP) is 4.04. The number of nitrogens with zero attached hydrogens (tertiary/aromatic N) is 3. The summed E-state index contributed by atoms with van der Waals surface area (Å²) in [5, 5.41) is 12.7. The summed E-state index contributed by atoms with van der Waals surface area (Å²) in [5.41, 5.74) is 2.24. The van der Waals surface area contributed by atoms with E-state index in [0.29, 0.717) is 16.9 Å². The van der Waals surface area contributed by atoms with Crippen LogP contribution in [0.5, 0.6) is 0 Å². The van der Waals surface area contributed by atoms with E-state index in [1.165, 1.54) is 22.5 Å². The number of carboxylic acids is 1. The molecule has 4 rings (SSSR count). The molecular formula is C25H28F2N4O4. The van der Waals surface area contributed by atoms with E-state index in [9.17, 15) is 23.5 Å². The molecule has 0 aliphatic carbocycles. The van der Waals surface area contributed by atoms with Gasteiger partial charge in [-0.25, -0.2) is 18.6 Å². The lowest BCUT2D eigenvalue weighted by molar-refractivity contribution is -0.129. The van der Waals surface area contributed by atoms with E-state index >= 15 is 0 Å². The molecule has 0 radical (unpaired) electrons. The first-order valence-corrected chi connectivity index (χ1v) is 11.3. The normalized spacial score (nSPS) is 18.5. The average molecular weight is 487 g/mol. The van der Waals surface area contributed by atoms with Crippen LogP contribution in [0.3, 0.4) is 0 Å². The molecular weight excluding hydrogens is 458 g/mol. The molecule has 8 nitrogen and oxygen atoms in total. The quantitative estimate of drug-likeness (QED) is 0.543. The number of piperidine rings is 1. The molecule has 2 N–H and O–H groups in total. The number of aromatic nitrogens is 2. The molecule has 0 spiro atoms. The second-order valence-electron chi connectivity index (χ2n) is 8.94. The average Bonchev–Trinajstić information content (AvgIpc) is 2.80. The minimum atomic E-state index is -3.09. The Morgan fingerprint density at radius 1 is 1.31 bits per heavy atom. The van der Waals surface area contributed by atoms with Crippen LogP contribution in [-0.4, -0.2) is 52.7 Å². The molecule has 10 heteroatoms. The monoisotopic (exact) mass is 486 g/mol. The fraction of sp³-hybridized carbons (Fsp3) is 0.400. The number of rotatable bonds is 6. The lowest BCUT2D eigenvalue weighted by atomic mass is 10.0. The van der Waals surface area contributed by atoms with Crippen molar-refractivity contribution in [2.24, 2.45) is 0 Å². The highest BCUT2D eigenvalue weighted by molar-refractivity contribution is 5.94. The molecule has 0 saturated carbocycles. The number of pyridine rings is 1.